The molecule has 0 saturated carbocycles. The molecule has 1 aromatic carbocycles. The number of hydrogen-bond donors (Lipinski definition) is 1. The summed E-state index contributed by atoms with van der Waals surface area (Å²) in [5.74, 6) is 0. The van der Waals surface area contributed by atoms with Crippen molar-refractivity contribution < 1.29 is 21.6 Å². The monoisotopic (exact) mass is 316 g/mol. The van der Waals surface area contributed by atoms with Gasteiger partial charge in [-0.25, -0.2) is 12.7 Å². The van der Waals surface area contributed by atoms with Crippen LogP contribution in [0.25, 0.3) is 0 Å². The number of sulfonamides is 1. The second kappa shape index (κ2) is 5.56. The molecule has 0 amide bonds. The summed E-state index contributed by atoms with van der Waals surface area (Å²) in [6.07, 6.45) is -5.66. The van der Waals surface area contributed by atoms with Gasteiger partial charge in [-0.1, -0.05) is 11.6 Å². The summed E-state index contributed by atoms with van der Waals surface area (Å²) in [6.45, 7) is -0.683. The Bertz CT molecular complexity index is 560. The number of hydrogen-bond acceptors (Lipinski definition) is 3. The maximum atomic E-state index is 12.1. The van der Waals surface area contributed by atoms with Crippen molar-refractivity contribution in [1.82, 2.24) is 4.31 Å². The van der Waals surface area contributed by atoms with Crippen LogP contribution in [0.1, 0.15) is 6.42 Å². The van der Waals surface area contributed by atoms with Crippen molar-refractivity contribution in [1.29, 1.82) is 0 Å². The molecule has 0 aromatic heterocycles. The van der Waals surface area contributed by atoms with Crippen molar-refractivity contribution in [3.8, 4) is 0 Å². The summed E-state index contributed by atoms with van der Waals surface area (Å²) in [6, 6.07) is 3.79. The first-order valence-electron chi connectivity index (χ1n) is 5.12. The van der Waals surface area contributed by atoms with Gasteiger partial charge in [0, 0.05) is 18.6 Å². The van der Waals surface area contributed by atoms with E-state index < -0.39 is 29.2 Å². The number of anilines is 1. The van der Waals surface area contributed by atoms with Crippen LogP contribution in [-0.4, -0.2) is 32.5 Å². The highest BCUT2D eigenvalue weighted by Crippen LogP contribution is 2.26. The number of alkyl halides is 3. The third-order valence-corrected chi connectivity index (χ3v) is 4.52. The molecule has 9 heteroatoms. The van der Waals surface area contributed by atoms with Gasteiger partial charge in [-0.05, 0) is 18.2 Å². The first-order valence-corrected chi connectivity index (χ1v) is 6.94. The average Bonchev–Trinajstić information content (AvgIpc) is 2.28. The minimum absolute atomic E-state index is 0.0664. The summed E-state index contributed by atoms with van der Waals surface area (Å²) in [5.41, 5.74) is 5.44. The molecule has 0 spiro atoms. The van der Waals surface area contributed by atoms with E-state index in [0.717, 1.165) is 13.1 Å². The second-order valence-corrected chi connectivity index (χ2v) is 6.32. The van der Waals surface area contributed by atoms with E-state index in [2.05, 4.69) is 0 Å². The first-order chi connectivity index (χ1) is 8.54. The Morgan fingerprint density at radius 3 is 2.47 bits per heavy atom. The molecule has 4 nitrogen and oxygen atoms in total. The number of halogens is 4. The Kier molecular flexibility index (Phi) is 4.70. The molecule has 0 heterocycles. The summed E-state index contributed by atoms with van der Waals surface area (Å²) >= 11 is 5.66. The molecule has 0 aliphatic carbocycles. The normalized spacial score (nSPS) is 12.9. The number of nitrogens with zero attached hydrogens (tertiary/aromatic N) is 1. The topological polar surface area (TPSA) is 63.4 Å². The van der Waals surface area contributed by atoms with Gasteiger partial charge in [-0.2, -0.15) is 13.2 Å². The largest absolute Gasteiger partial charge is 0.398 e. The molecule has 19 heavy (non-hydrogen) atoms. The molecule has 108 valence electrons. The molecule has 0 atom stereocenters. The molecular formula is C10H12ClF3N2O2S. The zero-order chi connectivity index (χ0) is 14.8. The summed E-state index contributed by atoms with van der Waals surface area (Å²) < 4.78 is 60.9. The van der Waals surface area contributed by atoms with Gasteiger partial charge in [0.25, 0.3) is 0 Å². The smallest absolute Gasteiger partial charge is 0.390 e. The van der Waals surface area contributed by atoms with E-state index in [9.17, 15) is 21.6 Å². The molecule has 0 saturated heterocycles. The van der Waals surface area contributed by atoms with Crippen LogP contribution in [0.5, 0.6) is 0 Å². The molecular weight excluding hydrogens is 305 g/mol. The second-order valence-electron chi connectivity index (χ2n) is 3.87. The van der Waals surface area contributed by atoms with E-state index in [0.29, 0.717) is 4.31 Å². The van der Waals surface area contributed by atoms with Crippen molar-refractivity contribution in [3.05, 3.63) is 23.2 Å². The Balaban J connectivity index is 3.00. The van der Waals surface area contributed by atoms with Crippen molar-refractivity contribution in [2.45, 2.75) is 17.5 Å². The molecule has 0 aliphatic rings. The minimum Gasteiger partial charge on any atom is -0.398 e. The van der Waals surface area contributed by atoms with Gasteiger partial charge in [-0.3, -0.25) is 0 Å². The highest BCUT2D eigenvalue weighted by Gasteiger charge is 2.31. The predicted octanol–water partition coefficient (Wildman–Crippen LogP) is 2.50. The average molecular weight is 317 g/mol. The van der Waals surface area contributed by atoms with Crippen molar-refractivity contribution in [2.24, 2.45) is 0 Å². The molecule has 0 bridgehead atoms. The molecule has 1 rings (SSSR count). The van der Waals surface area contributed by atoms with Crippen LogP contribution in [0.15, 0.2) is 23.1 Å². The van der Waals surface area contributed by atoms with Gasteiger partial charge in [0.05, 0.1) is 12.1 Å². The van der Waals surface area contributed by atoms with Crippen LogP contribution < -0.4 is 5.73 Å². The number of nitrogens with two attached hydrogens (primary N) is 1. The zero-order valence-corrected chi connectivity index (χ0v) is 11.5. The minimum atomic E-state index is -4.43. The van der Waals surface area contributed by atoms with E-state index in [1.807, 2.05) is 0 Å². The van der Waals surface area contributed by atoms with E-state index in [1.54, 1.807) is 0 Å². The molecule has 0 radical (unpaired) electrons. The van der Waals surface area contributed by atoms with Crippen molar-refractivity contribution in [2.75, 3.05) is 19.3 Å². The summed E-state index contributed by atoms with van der Waals surface area (Å²) in [4.78, 5) is -0.301. The fourth-order valence-electron chi connectivity index (χ4n) is 1.30. The van der Waals surface area contributed by atoms with Crippen LogP contribution >= 0.6 is 11.6 Å². The lowest BCUT2D eigenvalue weighted by Gasteiger charge is -2.19. The third kappa shape index (κ3) is 4.26. The van der Waals surface area contributed by atoms with Crippen LogP contribution in [0.3, 0.4) is 0 Å². The maximum absolute atomic E-state index is 12.1. The Hall–Kier alpha value is -0.990. The van der Waals surface area contributed by atoms with Crippen LogP contribution in [-0.2, 0) is 10.0 Å². The fraction of sp³-hybridized carbons (Fsp3) is 0.400. The SMILES string of the molecule is CN(CCC(F)(F)F)S(=O)(=O)c1cc(Cl)ccc1N. The first kappa shape index (κ1) is 16.1. The van der Waals surface area contributed by atoms with Gasteiger partial charge in [0.15, 0.2) is 0 Å². The van der Waals surface area contributed by atoms with Gasteiger partial charge in [-0.15, -0.1) is 0 Å². The van der Waals surface area contributed by atoms with E-state index in [1.165, 1.54) is 12.1 Å². The highest BCUT2D eigenvalue weighted by molar-refractivity contribution is 7.89. The zero-order valence-electron chi connectivity index (χ0n) is 9.91. The van der Waals surface area contributed by atoms with Gasteiger partial charge in [0.1, 0.15) is 4.90 Å². The Labute approximate surface area is 114 Å². The Morgan fingerprint density at radius 2 is 1.95 bits per heavy atom. The lowest BCUT2D eigenvalue weighted by molar-refractivity contribution is -0.135. The molecule has 1 aromatic rings. The number of nitrogen functional groups attached to an aromatic ring is 1. The van der Waals surface area contributed by atoms with Crippen LogP contribution in [0.4, 0.5) is 18.9 Å². The summed E-state index contributed by atoms with van der Waals surface area (Å²) in [7, 11) is -3.03. The van der Waals surface area contributed by atoms with E-state index >= 15 is 0 Å². The number of rotatable bonds is 4. The predicted molar refractivity (Wildman–Crippen MR) is 66.4 cm³/mol. The van der Waals surface area contributed by atoms with Gasteiger partial charge >= 0.3 is 6.18 Å². The van der Waals surface area contributed by atoms with Crippen molar-refractivity contribution in [3.63, 3.8) is 0 Å². The van der Waals surface area contributed by atoms with Crippen LogP contribution in [0, 0.1) is 0 Å². The lowest BCUT2D eigenvalue weighted by Crippen LogP contribution is -2.31. The molecule has 0 unspecified atom stereocenters. The lowest BCUT2D eigenvalue weighted by atomic mass is 10.3. The van der Waals surface area contributed by atoms with Crippen molar-refractivity contribution >= 4 is 27.3 Å². The molecule has 0 aliphatic heterocycles. The molecule has 0 fully saturated rings. The summed E-state index contributed by atoms with van der Waals surface area (Å²) in [5, 5.41) is 0.136. The van der Waals surface area contributed by atoms with Gasteiger partial charge in [0.2, 0.25) is 10.0 Å². The fourth-order valence-corrected chi connectivity index (χ4v) is 2.85. The standard InChI is InChI=1S/C10H12ClF3N2O2S/c1-16(5-4-10(12,13)14)19(17,18)9-6-7(11)2-3-8(9)15/h2-3,6H,4-5,15H2,1H3. The Morgan fingerprint density at radius 1 is 1.37 bits per heavy atom. The van der Waals surface area contributed by atoms with Crippen LogP contribution in [0.2, 0.25) is 5.02 Å². The quantitative estimate of drug-likeness (QED) is 0.868. The van der Waals surface area contributed by atoms with Gasteiger partial charge < -0.3 is 5.73 Å². The third-order valence-electron chi connectivity index (χ3n) is 2.37. The molecule has 2 N–H and O–H groups in total. The van der Waals surface area contributed by atoms with E-state index in [4.69, 9.17) is 17.3 Å². The number of benzene rings is 1. The maximum Gasteiger partial charge on any atom is 0.390 e. The van der Waals surface area contributed by atoms with E-state index in [-0.39, 0.29) is 15.6 Å². The highest BCUT2D eigenvalue weighted by atomic mass is 35.5.